The molecule has 9 nitrogen and oxygen atoms in total. The van der Waals surface area contributed by atoms with Crippen LogP contribution in [0.5, 0.6) is 0 Å². The van der Waals surface area contributed by atoms with E-state index in [9.17, 15) is 13.3 Å². The fourth-order valence-corrected chi connectivity index (χ4v) is 1.78. The summed E-state index contributed by atoms with van der Waals surface area (Å²) in [6, 6.07) is 6.19. The first-order valence-corrected chi connectivity index (χ1v) is 7.31. The fourth-order valence-electron chi connectivity index (χ4n) is 0.907. The molecule has 0 aromatic heterocycles. The van der Waals surface area contributed by atoms with Crippen LogP contribution in [0.3, 0.4) is 0 Å². The van der Waals surface area contributed by atoms with Crippen molar-refractivity contribution >= 4 is 20.4 Å². The molecule has 0 N–H and O–H groups in total. The van der Waals surface area contributed by atoms with Crippen molar-refractivity contribution < 1.29 is 85.1 Å². The number of rotatable bonds is 3. The molecule has 1 aromatic rings. The first-order valence-electron chi connectivity index (χ1n) is 4.54. The van der Waals surface area contributed by atoms with Gasteiger partial charge in [0.15, 0.2) is 0 Å². The summed E-state index contributed by atoms with van der Waals surface area (Å²) in [4.78, 5) is 10.1. The van der Waals surface area contributed by atoms with E-state index in [1.807, 2.05) is 6.92 Å². The Hall–Kier alpha value is 0.440. The minimum absolute atomic E-state index is 0. The van der Waals surface area contributed by atoms with Gasteiger partial charge in [-0.2, -0.15) is 12.8 Å². The van der Waals surface area contributed by atoms with Crippen LogP contribution >= 0.6 is 0 Å². The summed E-state index contributed by atoms with van der Waals surface area (Å²) >= 11 is 0. The smallest absolute Gasteiger partial charge is 0.759 e. The van der Waals surface area contributed by atoms with E-state index in [1.54, 1.807) is 12.1 Å². The molecule has 0 unspecified atom stereocenters. The molecule has 0 atom stereocenters. The maximum atomic E-state index is 11.5. The maximum Gasteiger partial charge on any atom is 1.00 e. The van der Waals surface area contributed by atoms with Crippen LogP contribution in [0.25, 0.3) is 0 Å². The van der Waals surface area contributed by atoms with Gasteiger partial charge in [-0.3, -0.25) is 8.42 Å². The van der Waals surface area contributed by atoms with Crippen molar-refractivity contribution in [3.8, 4) is 0 Å². The van der Waals surface area contributed by atoms with Crippen molar-refractivity contribution in [2.24, 2.45) is 5.29 Å². The number of benzene rings is 1. The third kappa shape index (κ3) is 11.6. The Morgan fingerprint density at radius 1 is 1.00 bits per heavy atom. The van der Waals surface area contributed by atoms with Crippen molar-refractivity contribution in [2.75, 3.05) is 7.05 Å². The molecule has 0 aliphatic rings. The van der Waals surface area contributed by atoms with E-state index in [1.165, 1.54) is 12.1 Å². The molecule has 0 fully saturated rings. The second kappa shape index (κ2) is 11.0. The van der Waals surface area contributed by atoms with Gasteiger partial charge < -0.3 is 9.11 Å². The Morgan fingerprint density at radius 2 is 1.33 bits per heavy atom. The van der Waals surface area contributed by atoms with Crippen LogP contribution in [-0.2, 0) is 20.4 Å². The topological polar surface area (TPSA) is 147 Å². The Morgan fingerprint density at radius 3 is 1.62 bits per heavy atom. The van der Waals surface area contributed by atoms with Gasteiger partial charge in [0.05, 0.1) is 10.2 Å². The summed E-state index contributed by atoms with van der Waals surface area (Å²) in [5, 5.41) is 2.35. The zero-order chi connectivity index (χ0) is 15.3. The standard InChI is InChI=1S/C8H10N2O3S.2Na.H2O4S/c1-7-3-5-8(6-4-7)14(12,13)10(2)9-11;;;1-5(2,3)4/h3-6H,1-2H3;;;(H2,1,2,3,4)/q;2*+1;/p-2. The molecular formula is C8H10N2Na2O7S2. The molecule has 13 heteroatoms. The van der Waals surface area contributed by atoms with Crippen LogP contribution in [0.15, 0.2) is 34.4 Å². The Bertz CT molecular complexity index is 623. The Labute approximate surface area is 167 Å². The van der Waals surface area contributed by atoms with E-state index >= 15 is 0 Å². The molecule has 0 spiro atoms. The maximum absolute atomic E-state index is 11.5. The van der Waals surface area contributed by atoms with Crippen molar-refractivity contribution in [3.63, 3.8) is 0 Å². The molecule has 0 heterocycles. The summed E-state index contributed by atoms with van der Waals surface area (Å²) in [6.45, 7) is 1.85. The number of hydrogen-bond acceptors (Lipinski definition) is 8. The third-order valence-corrected chi connectivity index (χ3v) is 3.41. The van der Waals surface area contributed by atoms with Gasteiger partial charge in [-0.1, -0.05) is 17.7 Å². The number of aryl methyl sites for hydroxylation is 1. The molecular weight excluding hydrogens is 346 g/mol. The summed E-state index contributed by atoms with van der Waals surface area (Å²) < 4.78 is 57.5. The molecule has 0 saturated heterocycles. The van der Waals surface area contributed by atoms with Crippen LogP contribution in [0.2, 0.25) is 0 Å². The monoisotopic (exact) mass is 356 g/mol. The predicted molar refractivity (Wildman–Crippen MR) is 62.4 cm³/mol. The first-order chi connectivity index (χ1) is 8.48. The van der Waals surface area contributed by atoms with E-state index in [4.69, 9.17) is 17.5 Å². The van der Waals surface area contributed by atoms with Crippen molar-refractivity contribution in [1.29, 1.82) is 0 Å². The van der Waals surface area contributed by atoms with Crippen LogP contribution in [0.1, 0.15) is 5.56 Å². The zero-order valence-electron chi connectivity index (χ0n) is 11.9. The second-order valence-electron chi connectivity index (χ2n) is 3.24. The summed E-state index contributed by atoms with van der Waals surface area (Å²) in [7, 11) is -7.82. The van der Waals surface area contributed by atoms with Crippen LogP contribution < -0.4 is 59.1 Å². The number of nitrogens with zero attached hydrogens (tertiary/aromatic N) is 2. The number of sulfonamides is 1. The third-order valence-electron chi connectivity index (χ3n) is 1.78. The molecule has 0 aliphatic carbocycles. The molecule has 0 saturated carbocycles. The van der Waals surface area contributed by atoms with Crippen LogP contribution in [0, 0.1) is 11.8 Å². The second-order valence-corrected chi connectivity index (χ2v) is 6.01. The van der Waals surface area contributed by atoms with Gasteiger partial charge in [0.25, 0.3) is 10.0 Å². The van der Waals surface area contributed by atoms with E-state index in [2.05, 4.69) is 5.29 Å². The van der Waals surface area contributed by atoms with Gasteiger partial charge in [0, 0.05) is 17.4 Å². The molecule has 0 amide bonds. The van der Waals surface area contributed by atoms with Gasteiger partial charge in [0.2, 0.25) is 0 Å². The van der Waals surface area contributed by atoms with Crippen LogP contribution in [-0.4, -0.2) is 37.4 Å². The predicted octanol–water partition coefficient (Wildman–Crippen LogP) is -6.03. The van der Waals surface area contributed by atoms with E-state index in [-0.39, 0.29) is 64.0 Å². The van der Waals surface area contributed by atoms with Crippen molar-refractivity contribution in [3.05, 3.63) is 34.7 Å². The fraction of sp³-hybridized carbons (Fsp3) is 0.250. The quantitative estimate of drug-likeness (QED) is 0.172. The number of hydrogen-bond donors (Lipinski definition) is 0. The minimum atomic E-state index is -5.17. The molecule has 21 heavy (non-hydrogen) atoms. The molecule has 108 valence electrons. The van der Waals surface area contributed by atoms with Gasteiger partial charge in [0.1, 0.15) is 0 Å². The Kier molecular flexibility index (Phi) is 13.9. The normalized spacial score (nSPS) is 10.1. The molecule has 0 aliphatic heterocycles. The summed E-state index contributed by atoms with van der Waals surface area (Å²) in [6.07, 6.45) is 0. The molecule has 0 bridgehead atoms. The Balaban J connectivity index is -0.000000405. The van der Waals surface area contributed by atoms with Crippen LogP contribution in [0.4, 0.5) is 0 Å². The average molecular weight is 356 g/mol. The number of nitroso groups, excluding NO2 is 1. The SMILES string of the molecule is Cc1ccc(S(=O)(=O)N(C)N=O)cc1.O=S(=O)([O-])[O-].[Na+].[Na+]. The largest absolute Gasteiger partial charge is 1.00 e. The average Bonchev–Trinajstić information content (AvgIpc) is 2.26. The van der Waals surface area contributed by atoms with Gasteiger partial charge in [-0.05, 0) is 19.1 Å². The molecule has 0 radical (unpaired) electrons. The summed E-state index contributed by atoms with van der Waals surface area (Å²) in [5.74, 6) is 0. The van der Waals surface area contributed by atoms with Gasteiger partial charge in [-0.15, -0.1) is 4.91 Å². The van der Waals surface area contributed by atoms with Crippen molar-refractivity contribution in [2.45, 2.75) is 11.8 Å². The molecule has 1 aromatic carbocycles. The summed E-state index contributed by atoms with van der Waals surface area (Å²) in [5.41, 5.74) is 0.950. The van der Waals surface area contributed by atoms with Crippen molar-refractivity contribution in [1.82, 2.24) is 4.41 Å². The van der Waals surface area contributed by atoms with Gasteiger partial charge >= 0.3 is 59.1 Å². The van der Waals surface area contributed by atoms with E-state index in [0.717, 1.165) is 12.6 Å². The van der Waals surface area contributed by atoms with E-state index < -0.39 is 20.4 Å². The zero-order valence-corrected chi connectivity index (χ0v) is 17.5. The molecule has 1 rings (SSSR count). The first kappa shape index (κ1) is 26.3. The van der Waals surface area contributed by atoms with Gasteiger partial charge in [-0.25, -0.2) is 0 Å². The minimum Gasteiger partial charge on any atom is -0.759 e. The van der Waals surface area contributed by atoms with E-state index in [0.29, 0.717) is 4.41 Å².